The molecule has 1 N–H and O–H groups in total. The van der Waals surface area contributed by atoms with Crippen LogP contribution in [0.1, 0.15) is 22.8 Å². The van der Waals surface area contributed by atoms with Gasteiger partial charge in [-0.3, -0.25) is 19.3 Å². The fourth-order valence-corrected chi connectivity index (χ4v) is 10.1. The van der Waals surface area contributed by atoms with Crippen LogP contribution in [0.4, 0.5) is 15.8 Å². The maximum Gasteiger partial charge on any atom is 0.305 e. The summed E-state index contributed by atoms with van der Waals surface area (Å²) >= 11 is 2.95. The summed E-state index contributed by atoms with van der Waals surface area (Å²) in [6.07, 6.45) is 0.845. The number of imide groups is 1. The van der Waals surface area contributed by atoms with Crippen LogP contribution >= 0.6 is 23.1 Å². The molecule has 0 spiro atoms. The Bertz CT molecular complexity index is 1450. The predicted octanol–water partition coefficient (Wildman–Crippen LogP) is 4.32. The van der Waals surface area contributed by atoms with Crippen LogP contribution in [0.2, 0.25) is 0 Å². The van der Waals surface area contributed by atoms with Crippen molar-refractivity contribution in [3.05, 3.63) is 74.5 Å². The number of benzene rings is 2. The first-order valence-electron chi connectivity index (χ1n) is 12.1. The molecule has 3 heterocycles. The van der Waals surface area contributed by atoms with Gasteiger partial charge in [-0.1, -0.05) is 23.5 Å². The summed E-state index contributed by atoms with van der Waals surface area (Å²) in [5.74, 6) is -1.16. The van der Waals surface area contributed by atoms with E-state index in [2.05, 4.69) is 34.1 Å². The van der Waals surface area contributed by atoms with Crippen LogP contribution in [0.15, 0.2) is 58.4 Å². The monoisotopic (exact) mass is 521 g/mol. The lowest BCUT2D eigenvalue weighted by atomic mass is 9.68. The molecule has 6 nitrogen and oxygen atoms in total. The number of thiazole rings is 1. The second-order valence-electron chi connectivity index (χ2n) is 10.4. The maximum atomic E-state index is 13.7. The minimum absolute atomic E-state index is 0.00476. The third kappa shape index (κ3) is 2.99. The van der Waals surface area contributed by atoms with E-state index >= 15 is 0 Å². The highest BCUT2D eigenvalue weighted by Gasteiger charge is 2.69. The van der Waals surface area contributed by atoms with E-state index in [0.29, 0.717) is 5.69 Å². The number of anilines is 2. The van der Waals surface area contributed by atoms with Crippen molar-refractivity contribution < 1.29 is 14.0 Å². The first kappa shape index (κ1) is 22.3. The Hall–Kier alpha value is -2.91. The van der Waals surface area contributed by atoms with Gasteiger partial charge >= 0.3 is 4.87 Å². The lowest BCUT2D eigenvalue weighted by Crippen LogP contribution is -2.42. The molecule has 4 aliphatic rings. The molecular weight excluding hydrogens is 497 g/mol. The van der Waals surface area contributed by atoms with Gasteiger partial charge in [-0.2, -0.15) is 0 Å². The van der Waals surface area contributed by atoms with Crippen LogP contribution in [0.3, 0.4) is 0 Å². The maximum absolute atomic E-state index is 13.7. The van der Waals surface area contributed by atoms with Gasteiger partial charge in [-0.05, 0) is 66.1 Å². The molecule has 2 aliphatic heterocycles. The van der Waals surface area contributed by atoms with Gasteiger partial charge < -0.3 is 9.88 Å². The Morgan fingerprint density at radius 1 is 0.944 bits per heavy atom. The molecule has 2 amide bonds. The van der Waals surface area contributed by atoms with E-state index in [-0.39, 0.29) is 57.4 Å². The normalized spacial score (nSPS) is 32.0. The number of carbonyl (C=O) groups is 2. The van der Waals surface area contributed by atoms with E-state index in [0.717, 1.165) is 27.6 Å². The topological polar surface area (TPSA) is 73.5 Å². The average Bonchev–Trinajstić information content (AvgIpc) is 3.59. The number of hydrogen-bond donors (Lipinski definition) is 1. The number of aromatic amines is 1. The van der Waals surface area contributed by atoms with Crippen LogP contribution in [0, 0.1) is 35.4 Å². The van der Waals surface area contributed by atoms with Gasteiger partial charge in [0.15, 0.2) is 0 Å². The van der Waals surface area contributed by atoms with Gasteiger partial charge in [-0.25, -0.2) is 4.39 Å². The number of fused-ring (bicyclic) bond motifs is 9. The molecule has 1 saturated heterocycles. The Morgan fingerprint density at radius 3 is 2.28 bits per heavy atom. The van der Waals surface area contributed by atoms with Crippen LogP contribution in [-0.4, -0.2) is 36.1 Å². The van der Waals surface area contributed by atoms with Crippen molar-refractivity contribution in [2.24, 2.45) is 29.6 Å². The van der Waals surface area contributed by atoms with Crippen LogP contribution in [0.5, 0.6) is 0 Å². The van der Waals surface area contributed by atoms with Crippen molar-refractivity contribution in [3.63, 3.8) is 0 Å². The van der Waals surface area contributed by atoms with Crippen LogP contribution in [0.25, 0.3) is 0 Å². The number of nitrogens with one attached hydrogen (secondary N) is 1. The molecule has 2 bridgehead atoms. The molecule has 2 saturated carbocycles. The zero-order valence-corrected chi connectivity index (χ0v) is 21.3. The van der Waals surface area contributed by atoms with Crippen molar-refractivity contribution >= 4 is 46.3 Å². The van der Waals surface area contributed by atoms with Gasteiger partial charge in [0.1, 0.15) is 5.82 Å². The molecule has 2 aromatic carbocycles. The summed E-state index contributed by atoms with van der Waals surface area (Å²) in [5, 5.41) is 1.06. The molecule has 36 heavy (non-hydrogen) atoms. The number of carbonyl (C=O) groups excluding carboxylic acids is 2. The Labute approximate surface area is 215 Å². The summed E-state index contributed by atoms with van der Waals surface area (Å²) in [4.78, 5) is 47.1. The Kier molecular flexibility index (Phi) is 4.83. The summed E-state index contributed by atoms with van der Waals surface area (Å²) in [5.41, 5.74) is 2.68. The molecule has 184 valence electrons. The van der Waals surface area contributed by atoms with Crippen molar-refractivity contribution in [1.82, 2.24) is 4.98 Å². The number of amides is 2. The lowest BCUT2D eigenvalue weighted by molar-refractivity contribution is -0.123. The fraction of sp³-hybridized carbons (Fsp3) is 0.370. The fourth-order valence-electron chi connectivity index (χ4n) is 7.21. The lowest BCUT2D eigenvalue weighted by Gasteiger charge is -2.43. The van der Waals surface area contributed by atoms with Crippen LogP contribution in [-0.2, 0) is 9.59 Å². The second kappa shape index (κ2) is 7.79. The summed E-state index contributed by atoms with van der Waals surface area (Å²) in [7, 11) is 4.01. The SMILES string of the molecule is CN(C)c1ccc([C@H]2c3sc(=O)[nH]c3SC3C4CC(C5C(=O)N(c6ccc(F)cc6)C(=O)C45)C32)cc1. The molecule has 0 radical (unpaired) electrons. The van der Waals surface area contributed by atoms with Gasteiger partial charge in [0.05, 0.1) is 22.5 Å². The summed E-state index contributed by atoms with van der Waals surface area (Å²) in [6.45, 7) is 0. The predicted molar refractivity (Wildman–Crippen MR) is 138 cm³/mol. The van der Waals surface area contributed by atoms with Gasteiger partial charge in [0.25, 0.3) is 0 Å². The van der Waals surface area contributed by atoms with E-state index in [1.54, 1.807) is 11.8 Å². The Morgan fingerprint density at radius 2 is 1.61 bits per heavy atom. The number of thioether (sulfide) groups is 1. The number of halogens is 1. The molecule has 2 aliphatic carbocycles. The molecule has 7 rings (SSSR count). The Balaban J connectivity index is 1.31. The van der Waals surface area contributed by atoms with Crippen LogP contribution < -0.4 is 14.7 Å². The quantitative estimate of drug-likeness (QED) is 0.520. The standard InChI is InChI=1S/C27H24FN3O3S2/c1-30(2)14-7-3-12(4-8-14)18-19-16-11-17(22(19)35-24-23(18)36-27(34)29-24)21-20(16)25(32)31(26(21)33)15-9-5-13(28)6-10-15/h3-10,16-22H,11H2,1-2H3,(H,29,34)/t16?,17?,18-,19?,20?,21?,22?/m1/s1. The summed E-state index contributed by atoms with van der Waals surface area (Å²) in [6, 6.07) is 14.1. The highest BCUT2D eigenvalue weighted by atomic mass is 32.2. The third-order valence-electron chi connectivity index (χ3n) is 8.58. The van der Waals surface area contributed by atoms with E-state index in [1.807, 2.05) is 14.1 Å². The number of rotatable bonds is 3. The first-order valence-corrected chi connectivity index (χ1v) is 13.8. The van der Waals surface area contributed by atoms with Crippen molar-refractivity contribution in [1.29, 1.82) is 0 Å². The number of hydrogen-bond acceptors (Lipinski definition) is 6. The van der Waals surface area contributed by atoms with E-state index in [4.69, 9.17) is 0 Å². The van der Waals surface area contributed by atoms with Gasteiger partial charge in [-0.15, -0.1) is 11.8 Å². The molecule has 9 heteroatoms. The van der Waals surface area contributed by atoms with E-state index in [9.17, 15) is 18.8 Å². The van der Waals surface area contributed by atoms with Crippen molar-refractivity contribution in [2.45, 2.75) is 22.6 Å². The minimum Gasteiger partial charge on any atom is -0.378 e. The highest BCUT2D eigenvalue weighted by molar-refractivity contribution is 8.00. The molecule has 1 aromatic heterocycles. The molecule has 3 fully saturated rings. The zero-order chi connectivity index (χ0) is 24.9. The average molecular weight is 522 g/mol. The third-order valence-corrected chi connectivity index (χ3v) is 11.2. The minimum atomic E-state index is -0.399. The zero-order valence-electron chi connectivity index (χ0n) is 19.7. The van der Waals surface area contributed by atoms with E-state index < -0.39 is 5.82 Å². The van der Waals surface area contributed by atoms with E-state index in [1.165, 1.54) is 40.5 Å². The molecular formula is C27H24FN3O3S2. The molecule has 7 atom stereocenters. The van der Waals surface area contributed by atoms with Crippen molar-refractivity contribution in [2.75, 3.05) is 23.9 Å². The van der Waals surface area contributed by atoms with Crippen molar-refractivity contribution in [3.8, 4) is 0 Å². The number of aromatic nitrogens is 1. The van der Waals surface area contributed by atoms with Gasteiger partial charge in [0.2, 0.25) is 11.8 Å². The molecule has 3 aromatic rings. The largest absolute Gasteiger partial charge is 0.378 e. The second-order valence-corrected chi connectivity index (χ2v) is 12.6. The summed E-state index contributed by atoms with van der Waals surface area (Å²) < 4.78 is 13.5. The first-order chi connectivity index (χ1) is 17.3. The highest BCUT2D eigenvalue weighted by Crippen LogP contribution is 2.68. The smallest absolute Gasteiger partial charge is 0.305 e. The number of H-pyrrole nitrogens is 1. The number of nitrogens with zero attached hydrogens (tertiary/aromatic N) is 2. The van der Waals surface area contributed by atoms with Gasteiger partial charge in [0, 0.05) is 35.8 Å². The molecule has 6 unspecified atom stereocenters.